The number of carbonyl (C=O) groups excluding carboxylic acids is 1. The zero-order valence-corrected chi connectivity index (χ0v) is 19.9. The van der Waals surface area contributed by atoms with Crippen LogP contribution in [-0.4, -0.2) is 42.9 Å². The van der Waals surface area contributed by atoms with Crippen molar-refractivity contribution in [3.8, 4) is 5.75 Å². The van der Waals surface area contributed by atoms with Gasteiger partial charge in [0.05, 0.1) is 10.9 Å². The van der Waals surface area contributed by atoms with E-state index in [1.165, 1.54) is 0 Å². The SMILES string of the molecule is Cc1cc(O)c(C2CC(C(=O)Nc3ccc(S(=O)(=O)N4CCCCCC4)cc3)NN2)cc1C. The number of phenols is 1. The maximum atomic E-state index is 12.9. The van der Waals surface area contributed by atoms with E-state index in [1.807, 2.05) is 19.9 Å². The maximum Gasteiger partial charge on any atom is 0.243 e. The van der Waals surface area contributed by atoms with Gasteiger partial charge in [-0.25, -0.2) is 19.3 Å². The average molecular weight is 473 g/mol. The molecule has 2 heterocycles. The molecule has 0 aliphatic carbocycles. The number of aromatic hydroxyl groups is 1. The van der Waals surface area contributed by atoms with Crippen molar-refractivity contribution in [1.29, 1.82) is 0 Å². The lowest BCUT2D eigenvalue weighted by Crippen LogP contribution is -2.39. The molecular weight excluding hydrogens is 440 g/mol. The van der Waals surface area contributed by atoms with E-state index in [2.05, 4.69) is 16.2 Å². The zero-order valence-electron chi connectivity index (χ0n) is 19.1. The first kappa shape index (κ1) is 23.7. The quantitative estimate of drug-likeness (QED) is 0.532. The van der Waals surface area contributed by atoms with E-state index in [-0.39, 0.29) is 22.6 Å². The number of nitrogens with zero attached hydrogens (tertiary/aromatic N) is 1. The molecule has 4 N–H and O–H groups in total. The number of amides is 1. The molecular formula is C24H32N4O4S. The van der Waals surface area contributed by atoms with E-state index in [9.17, 15) is 18.3 Å². The lowest BCUT2D eigenvalue weighted by atomic mass is 9.97. The number of rotatable bonds is 5. The molecule has 9 heteroatoms. The lowest BCUT2D eigenvalue weighted by Gasteiger charge is -2.20. The van der Waals surface area contributed by atoms with Crippen molar-refractivity contribution in [2.75, 3.05) is 18.4 Å². The fraction of sp³-hybridized carbons (Fsp3) is 0.458. The van der Waals surface area contributed by atoms with Crippen molar-refractivity contribution in [2.24, 2.45) is 0 Å². The molecule has 2 unspecified atom stereocenters. The van der Waals surface area contributed by atoms with Crippen molar-refractivity contribution < 1.29 is 18.3 Å². The predicted molar refractivity (Wildman–Crippen MR) is 127 cm³/mol. The van der Waals surface area contributed by atoms with Crippen LogP contribution in [0.1, 0.15) is 54.8 Å². The Bertz CT molecular complexity index is 1110. The molecule has 178 valence electrons. The number of sulfonamides is 1. The number of hydrogen-bond donors (Lipinski definition) is 4. The van der Waals surface area contributed by atoms with Crippen LogP contribution < -0.4 is 16.2 Å². The third-order valence-electron chi connectivity index (χ3n) is 6.56. The normalized spacial score (nSPS) is 22.1. The number of hydrogen-bond acceptors (Lipinski definition) is 6. The Hall–Kier alpha value is -2.46. The van der Waals surface area contributed by atoms with Gasteiger partial charge in [-0.3, -0.25) is 4.79 Å². The number of phenolic OH excluding ortho intramolecular Hbond substituents is 1. The molecule has 4 rings (SSSR count). The van der Waals surface area contributed by atoms with E-state index >= 15 is 0 Å². The van der Waals surface area contributed by atoms with Gasteiger partial charge in [0.1, 0.15) is 11.8 Å². The largest absolute Gasteiger partial charge is 0.508 e. The molecule has 2 fully saturated rings. The van der Waals surface area contributed by atoms with Crippen molar-refractivity contribution >= 4 is 21.6 Å². The van der Waals surface area contributed by atoms with Gasteiger partial charge in [0.15, 0.2) is 0 Å². The van der Waals surface area contributed by atoms with Gasteiger partial charge < -0.3 is 10.4 Å². The second-order valence-electron chi connectivity index (χ2n) is 8.96. The minimum atomic E-state index is -3.52. The minimum absolute atomic E-state index is 0.193. The highest BCUT2D eigenvalue weighted by molar-refractivity contribution is 7.89. The highest BCUT2D eigenvalue weighted by Crippen LogP contribution is 2.32. The molecule has 2 aromatic carbocycles. The van der Waals surface area contributed by atoms with E-state index in [4.69, 9.17) is 0 Å². The summed E-state index contributed by atoms with van der Waals surface area (Å²) in [5, 5.41) is 13.2. The van der Waals surface area contributed by atoms with Crippen LogP contribution in [0.3, 0.4) is 0 Å². The molecule has 33 heavy (non-hydrogen) atoms. The lowest BCUT2D eigenvalue weighted by molar-refractivity contribution is -0.117. The number of benzene rings is 2. The summed E-state index contributed by atoms with van der Waals surface area (Å²) in [5.41, 5.74) is 9.47. The smallest absolute Gasteiger partial charge is 0.243 e. The summed E-state index contributed by atoms with van der Waals surface area (Å²) in [6.45, 7) is 5.04. The van der Waals surface area contributed by atoms with Gasteiger partial charge in [-0.05, 0) is 74.6 Å². The second-order valence-corrected chi connectivity index (χ2v) is 10.9. The van der Waals surface area contributed by atoms with Crippen LogP contribution in [-0.2, 0) is 14.8 Å². The second kappa shape index (κ2) is 9.80. The van der Waals surface area contributed by atoms with Crippen LogP contribution in [0.5, 0.6) is 5.75 Å². The van der Waals surface area contributed by atoms with Crippen LogP contribution in [0.15, 0.2) is 41.3 Å². The minimum Gasteiger partial charge on any atom is -0.508 e. The number of carbonyl (C=O) groups is 1. The molecule has 2 aliphatic heterocycles. The highest BCUT2D eigenvalue weighted by Gasteiger charge is 2.32. The third kappa shape index (κ3) is 5.22. The van der Waals surface area contributed by atoms with E-state index in [1.54, 1.807) is 34.6 Å². The van der Waals surface area contributed by atoms with Gasteiger partial charge in [0.2, 0.25) is 15.9 Å². The Morgan fingerprint density at radius 1 is 1.00 bits per heavy atom. The van der Waals surface area contributed by atoms with Gasteiger partial charge in [0.25, 0.3) is 0 Å². The predicted octanol–water partition coefficient (Wildman–Crippen LogP) is 3.12. The average Bonchev–Trinajstić information content (AvgIpc) is 3.11. The summed E-state index contributed by atoms with van der Waals surface area (Å²) in [4.78, 5) is 13.0. The standard InChI is InChI=1S/C24H32N4O4S/c1-16-13-20(23(29)14-17(16)2)21-15-22(27-26-21)24(30)25-18-7-9-19(10-8-18)33(31,32)28-11-5-3-4-6-12-28/h7-10,13-14,21-22,26-27,29H,3-6,11-12,15H2,1-2H3,(H,25,30). The molecule has 2 aliphatic rings. The van der Waals surface area contributed by atoms with E-state index < -0.39 is 16.1 Å². The van der Waals surface area contributed by atoms with Gasteiger partial charge in [-0.1, -0.05) is 18.9 Å². The number of anilines is 1. The molecule has 8 nitrogen and oxygen atoms in total. The molecule has 0 aromatic heterocycles. The van der Waals surface area contributed by atoms with Gasteiger partial charge in [-0.15, -0.1) is 0 Å². The van der Waals surface area contributed by atoms with Crippen LogP contribution in [0.2, 0.25) is 0 Å². The number of nitrogens with one attached hydrogen (secondary N) is 3. The van der Waals surface area contributed by atoms with Crippen molar-refractivity contribution in [3.63, 3.8) is 0 Å². The summed E-state index contributed by atoms with van der Waals surface area (Å²) >= 11 is 0. The molecule has 0 spiro atoms. The Balaban J connectivity index is 1.39. The summed E-state index contributed by atoms with van der Waals surface area (Å²) in [6, 6.07) is 9.33. The molecule has 0 saturated carbocycles. The molecule has 2 saturated heterocycles. The molecule has 1 amide bonds. The first-order chi connectivity index (χ1) is 15.8. The first-order valence-corrected chi connectivity index (χ1v) is 12.9. The first-order valence-electron chi connectivity index (χ1n) is 11.5. The van der Waals surface area contributed by atoms with Gasteiger partial charge in [0, 0.05) is 24.3 Å². The topological polar surface area (TPSA) is 111 Å². The van der Waals surface area contributed by atoms with Gasteiger partial charge in [-0.2, -0.15) is 4.31 Å². The zero-order chi connectivity index (χ0) is 23.6. The fourth-order valence-corrected chi connectivity index (χ4v) is 5.92. The van der Waals surface area contributed by atoms with Crippen molar-refractivity contribution in [1.82, 2.24) is 15.2 Å². The molecule has 2 aromatic rings. The summed E-state index contributed by atoms with van der Waals surface area (Å²) < 4.78 is 27.4. The Morgan fingerprint density at radius 2 is 1.64 bits per heavy atom. The Kier molecular flexibility index (Phi) is 7.04. The van der Waals surface area contributed by atoms with E-state index in [0.717, 1.165) is 42.4 Å². The van der Waals surface area contributed by atoms with Crippen LogP contribution >= 0.6 is 0 Å². The van der Waals surface area contributed by atoms with Crippen LogP contribution in [0, 0.1) is 13.8 Å². The number of hydrazine groups is 1. The Labute approximate surface area is 195 Å². The van der Waals surface area contributed by atoms with E-state index in [0.29, 0.717) is 25.2 Å². The summed E-state index contributed by atoms with van der Waals surface area (Å²) in [7, 11) is -3.52. The molecule has 0 bridgehead atoms. The van der Waals surface area contributed by atoms with Crippen molar-refractivity contribution in [2.45, 2.75) is 62.9 Å². The molecule has 2 atom stereocenters. The summed E-state index contributed by atoms with van der Waals surface area (Å²) in [6.07, 6.45) is 4.37. The summed E-state index contributed by atoms with van der Waals surface area (Å²) in [5.74, 6) is -0.0175. The molecule has 0 radical (unpaired) electrons. The third-order valence-corrected chi connectivity index (χ3v) is 8.48. The monoisotopic (exact) mass is 472 g/mol. The van der Waals surface area contributed by atoms with Crippen LogP contribution in [0.4, 0.5) is 5.69 Å². The van der Waals surface area contributed by atoms with Gasteiger partial charge >= 0.3 is 0 Å². The van der Waals surface area contributed by atoms with Crippen molar-refractivity contribution in [3.05, 3.63) is 53.1 Å². The Morgan fingerprint density at radius 3 is 2.30 bits per heavy atom. The fourth-order valence-electron chi connectivity index (χ4n) is 4.41. The van der Waals surface area contributed by atoms with Crippen LogP contribution in [0.25, 0.3) is 0 Å². The highest BCUT2D eigenvalue weighted by atomic mass is 32.2. The number of aryl methyl sites for hydroxylation is 2. The maximum absolute atomic E-state index is 12.9.